The molecule has 10 heteroatoms. The van der Waals surface area contributed by atoms with E-state index in [1.165, 1.54) is 0 Å². The summed E-state index contributed by atoms with van der Waals surface area (Å²) in [6, 6.07) is 15.7. The highest BCUT2D eigenvalue weighted by Gasteiger charge is 2.25. The van der Waals surface area contributed by atoms with Gasteiger partial charge in [-0.05, 0) is 88.6 Å². The van der Waals surface area contributed by atoms with Crippen molar-refractivity contribution >= 4 is 22.9 Å². The smallest absolute Gasteiger partial charge is 0.407 e. The lowest BCUT2D eigenvalue weighted by Crippen LogP contribution is -2.41. The number of rotatable bonds is 7. The quantitative estimate of drug-likeness (QED) is 0.249. The molecule has 1 saturated carbocycles. The van der Waals surface area contributed by atoms with E-state index in [-0.39, 0.29) is 17.7 Å². The summed E-state index contributed by atoms with van der Waals surface area (Å²) in [4.78, 5) is 38.8. The molecule has 1 aliphatic rings. The molecule has 0 aliphatic heterocycles. The minimum absolute atomic E-state index is 0.111. The van der Waals surface area contributed by atoms with E-state index in [9.17, 15) is 9.59 Å². The number of hydrogen-bond acceptors (Lipinski definition) is 7. The number of imidazole rings is 1. The van der Waals surface area contributed by atoms with Gasteiger partial charge in [-0.1, -0.05) is 24.3 Å². The molecule has 0 radical (unpaired) electrons. The lowest BCUT2D eigenvalue weighted by atomic mass is 9.86. The molecule has 1 amide bonds. The Morgan fingerprint density at radius 3 is 2.55 bits per heavy atom. The Labute approximate surface area is 256 Å². The molecule has 1 fully saturated rings. The fourth-order valence-electron chi connectivity index (χ4n) is 5.70. The molecule has 2 aromatic carbocycles. The standard InChI is InChI=1S/C34H38N6O4/c1-22-8-13-28-29(16-22)39-15-14-30(41)40(32(39)38-28)20-24-6-5-7-25(17-24)31-35-18-27(19-36-31)43-21-23-9-11-26(12-10-23)37-33(42)44-34(2,3)4/h5-8,13-19,23,26H,9-12,20-21H2,1-4H3,(H,37,42). The second-order valence-corrected chi connectivity index (χ2v) is 12.6. The van der Waals surface area contributed by atoms with Crippen molar-refractivity contribution in [2.75, 3.05) is 6.61 Å². The summed E-state index contributed by atoms with van der Waals surface area (Å²) in [7, 11) is 0. The SMILES string of the molecule is Cc1ccc2nc3n(Cc4cccc(-c5ncc(OCC6CCC(NC(=O)OC(C)(C)C)CC6)cn5)c4)c(=O)ccn3c2c1. The zero-order valence-corrected chi connectivity index (χ0v) is 25.6. The summed E-state index contributed by atoms with van der Waals surface area (Å²) in [6.45, 7) is 8.59. The Morgan fingerprint density at radius 2 is 1.80 bits per heavy atom. The van der Waals surface area contributed by atoms with Crippen LogP contribution in [0.15, 0.2) is 71.9 Å². The molecule has 3 aromatic heterocycles. The van der Waals surface area contributed by atoms with Crippen LogP contribution in [0.3, 0.4) is 0 Å². The zero-order chi connectivity index (χ0) is 30.8. The molecule has 1 aliphatic carbocycles. The van der Waals surface area contributed by atoms with Crippen molar-refractivity contribution in [1.29, 1.82) is 0 Å². The van der Waals surface area contributed by atoms with Gasteiger partial charge < -0.3 is 14.8 Å². The van der Waals surface area contributed by atoms with Gasteiger partial charge in [-0.2, -0.15) is 0 Å². The maximum absolute atomic E-state index is 12.9. The number of hydrogen-bond donors (Lipinski definition) is 1. The summed E-state index contributed by atoms with van der Waals surface area (Å²) in [5.41, 5.74) is 4.15. The Bertz CT molecular complexity index is 1850. The third-order valence-electron chi connectivity index (χ3n) is 7.91. The number of amides is 1. The number of aromatic nitrogens is 5. The Hall–Kier alpha value is -4.73. The van der Waals surface area contributed by atoms with Crippen molar-refractivity contribution in [2.24, 2.45) is 5.92 Å². The topological polar surface area (TPSA) is 113 Å². The first kappa shape index (κ1) is 29.3. The molecule has 0 unspecified atom stereocenters. The van der Waals surface area contributed by atoms with E-state index in [2.05, 4.69) is 21.4 Å². The fraction of sp³-hybridized carbons (Fsp3) is 0.382. The van der Waals surface area contributed by atoms with Crippen LogP contribution >= 0.6 is 0 Å². The Morgan fingerprint density at radius 1 is 1.02 bits per heavy atom. The molecular formula is C34H38N6O4. The Kier molecular flexibility index (Phi) is 8.07. The average Bonchev–Trinajstić information content (AvgIpc) is 3.35. The van der Waals surface area contributed by atoms with Crippen LogP contribution in [0.4, 0.5) is 4.79 Å². The first-order valence-corrected chi connectivity index (χ1v) is 15.1. The largest absolute Gasteiger partial charge is 0.490 e. The molecule has 6 rings (SSSR count). The van der Waals surface area contributed by atoms with E-state index in [1.54, 1.807) is 29.2 Å². The molecule has 0 atom stereocenters. The highest BCUT2D eigenvalue weighted by molar-refractivity contribution is 5.80. The lowest BCUT2D eigenvalue weighted by Gasteiger charge is -2.30. The van der Waals surface area contributed by atoms with E-state index in [0.717, 1.165) is 53.4 Å². The summed E-state index contributed by atoms with van der Waals surface area (Å²) in [6.07, 6.45) is 8.57. The number of ether oxygens (including phenoxy) is 2. The van der Waals surface area contributed by atoms with Crippen molar-refractivity contribution in [3.05, 3.63) is 88.6 Å². The van der Waals surface area contributed by atoms with Gasteiger partial charge in [0.2, 0.25) is 5.78 Å². The molecule has 44 heavy (non-hydrogen) atoms. The van der Waals surface area contributed by atoms with Crippen molar-refractivity contribution in [3.8, 4) is 17.1 Å². The molecule has 1 N–H and O–H groups in total. The van der Waals surface area contributed by atoms with Crippen molar-refractivity contribution in [1.82, 2.24) is 29.2 Å². The van der Waals surface area contributed by atoms with Crippen molar-refractivity contribution < 1.29 is 14.3 Å². The first-order valence-electron chi connectivity index (χ1n) is 15.1. The zero-order valence-electron chi connectivity index (χ0n) is 25.6. The van der Waals surface area contributed by atoms with Crippen LogP contribution < -0.4 is 15.6 Å². The maximum Gasteiger partial charge on any atom is 0.407 e. The number of benzene rings is 2. The lowest BCUT2D eigenvalue weighted by molar-refractivity contribution is 0.0483. The van der Waals surface area contributed by atoms with Crippen molar-refractivity contribution in [3.63, 3.8) is 0 Å². The minimum Gasteiger partial charge on any atom is -0.490 e. The normalized spacial score (nSPS) is 17.1. The second kappa shape index (κ2) is 12.1. The minimum atomic E-state index is -0.499. The molecule has 0 bridgehead atoms. The average molecular weight is 595 g/mol. The van der Waals surface area contributed by atoms with Gasteiger partial charge in [-0.15, -0.1) is 0 Å². The third-order valence-corrected chi connectivity index (χ3v) is 7.91. The molecular weight excluding hydrogens is 556 g/mol. The third kappa shape index (κ3) is 6.74. The number of carbonyl (C=O) groups excluding carboxylic acids is 1. The van der Waals surface area contributed by atoms with Crippen LogP contribution in [0.25, 0.3) is 28.2 Å². The van der Waals surface area contributed by atoms with Crippen molar-refractivity contribution in [2.45, 2.75) is 71.6 Å². The summed E-state index contributed by atoms with van der Waals surface area (Å²) >= 11 is 0. The van der Waals surface area contributed by atoms with Gasteiger partial charge >= 0.3 is 6.09 Å². The maximum atomic E-state index is 12.9. The van der Waals surface area contributed by atoms with Crippen LogP contribution in [0.2, 0.25) is 0 Å². The van der Waals surface area contributed by atoms with Gasteiger partial charge in [0, 0.05) is 23.9 Å². The van der Waals surface area contributed by atoms with Crippen LogP contribution in [-0.4, -0.2) is 48.3 Å². The number of nitrogens with zero attached hydrogens (tertiary/aromatic N) is 5. The highest BCUT2D eigenvalue weighted by atomic mass is 16.6. The van der Waals surface area contributed by atoms with Crippen LogP contribution in [0, 0.1) is 12.8 Å². The van der Waals surface area contributed by atoms with Gasteiger partial charge in [0.15, 0.2) is 11.6 Å². The van der Waals surface area contributed by atoms with Gasteiger partial charge in [0.25, 0.3) is 5.56 Å². The highest BCUT2D eigenvalue weighted by Crippen LogP contribution is 2.26. The van der Waals surface area contributed by atoms with E-state index < -0.39 is 5.60 Å². The Balaban J connectivity index is 1.07. The first-order chi connectivity index (χ1) is 21.1. The molecule has 3 heterocycles. The summed E-state index contributed by atoms with van der Waals surface area (Å²) < 4.78 is 15.0. The molecule has 228 valence electrons. The number of alkyl carbamates (subject to hydrolysis) is 1. The second-order valence-electron chi connectivity index (χ2n) is 12.6. The number of fused-ring (bicyclic) bond motifs is 3. The fourth-order valence-corrected chi connectivity index (χ4v) is 5.70. The van der Waals surface area contributed by atoms with E-state index >= 15 is 0 Å². The van der Waals surface area contributed by atoms with Gasteiger partial charge in [0.1, 0.15) is 5.60 Å². The molecule has 0 spiro atoms. The number of aryl methyl sites for hydroxylation is 1. The van der Waals surface area contributed by atoms with Crippen LogP contribution in [0.1, 0.15) is 57.6 Å². The van der Waals surface area contributed by atoms with Crippen LogP contribution in [-0.2, 0) is 11.3 Å². The molecule has 5 aromatic rings. The summed E-state index contributed by atoms with van der Waals surface area (Å²) in [5, 5.41) is 2.98. The number of carbonyl (C=O) groups is 1. The van der Waals surface area contributed by atoms with E-state index in [0.29, 0.717) is 36.4 Å². The predicted octanol–water partition coefficient (Wildman–Crippen LogP) is 5.93. The monoisotopic (exact) mass is 594 g/mol. The van der Waals surface area contributed by atoms with Crippen LogP contribution in [0.5, 0.6) is 5.75 Å². The van der Waals surface area contributed by atoms with E-state index in [4.69, 9.17) is 14.5 Å². The number of nitrogens with one attached hydrogen (secondary N) is 1. The van der Waals surface area contributed by atoms with Gasteiger partial charge in [0.05, 0.1) is 36.6 Å². The van der Waals surface area contributed by atoms with E-state index in [1.807, 2.05) is 68.5 Å². The van der Waals surface area contributed by atoms with Gasteiger partial charge in [-0.3, -0.25) is 13.8 Å². The molecule has 0 saturated heterocycles. The van der Waals surface area contributed by atoms with Gasteiger partial charge in [-0.25, -0.2) is 19.7 Å². The molecule has 10 nitrogen and oxygen atoms in total. The summed E-state index contributed by atoms with van der Waals surface area (Å²) in [5.74, 6) is 2.22. The predicted molar refractivity (Wildman–Crippen MR) is 169 cm³/mol.